The molecule has 0 radical (unpaired) electrons. The van der Waals surface area contributed by atoms with E-state index < -0.39 is 108 Å². The van der Waals surface area contributed by atoms with Gasteiger partial charge in [-0.1, -0.05) is 74.5 Å². The number of likely N-dealkylation sites (tertiary alicyclic amines) is 1. The van der Waals surface area contributed by atoms with Crippen molar-refractivity contribution in [2.24, 2.45) is 56.0 Å². The Bertz CT molecular complexity index is 2730. The average molecular weight is 1140 g/mol. The first kappa shape index (κ1) is 65.7. The Balaban J connectivity index is 1.63. The number of aryl methyl sites for hydroxylation is 2. The van der Waals surface area contributed by atoms with Gasteiger partial charge >= 0.3 is 0 Å². The summed E-state index contributed by atoms with van der Waals surface area (Å²) < 4.78 is 0. The van der Waals surface area contributed by atoms with Crippen LogP contribution >= 0.6 is 0 Å². The van der Waals surface area contributed by atoms with E-state index >= 15 is 0 Å². The molecule has 26 heteroatoms. The molecule has 1 aliphatic rings. The van der Waals surface area contributed by atoms with Crippen molar-refractivity contribution in [1.82, 2.24) is 36.8 Å². The number of benzene rings is 3. The highest BCUT2D eigenvalue weighted by atomic mass is 16.3. The van der Waals surface area contributed by atoms with Crippen molar-refractivity contribution in [3.63, 3.8) is 0 Å². The molecule has 1 saturated heterocycles. The molecule has 0 spiro atoms. The Kier molecular flexibility index (Phi) is 26.0. The molecular formula is C56H82N16O10. The van der Waals surface area contributed by atoms with E-state index in [9.17, 15) is 48.3 Å². The van der Waals surface area contributed by atoms with Crippen molar-refractivity contribution in [1.29, 1.82) is 0 Å². The van der Waals surface area contributed by atoms with Gasteiger partial charge in [-0.3, -0.25) is 53.1 Å². The standard InChI is InChI=1S/C56H82N16O10/c1-31(2)24-42(70-52(80)43(27-34-14-7-5-8-15-34)69-48(76)38(57)29-37-32(3)25-36(73)26-33(37)4)50(78)71-44(28-35-16-9-6-10-17-35)51(79)67-40(19-12-22-65-56(62)63)54(82)72-23-13-20-45(72)53(81)66-39(18-11-21-64-55(60)61)49(77)68-41(47(59)75)30-46(58)74/h5-10,14-17,25-26,31,38-45,73H,11-13,18-24,27-30,57H2,1-4H3,(H2,58,74)(H2,59,75)(H,66,81)(H,67,79)(H,68,77)(H,69,76)(H,70,80)(H,71,78)(H4,60,61,64)(H4,62,63,65)/t38-,39-,40-,41-,42-,43-,44-,45-/m0/s1. The van der Waals surface area contributed by atoms with E-state index in [1.54, 1.807) is 86.6 Å². The lowest BCUT2D eigenvalue weighted by Crippen LogP contribution is -2.60. The molecule has 0 bridgehead atoms. The van der Waals surface area contributed by atoms with Crippen molar-refractivity contribution in [2.45, 2.75) is 147 Å². The number of amides is 9. The van der Waals surface area contributed by atoms with Crippen LogP contribution in [0.2, 0.25) is 0 Å². The number of guanidine groups is 2. The Hall–Kier alpha value is -8.81. The van der Waals surface area contributed by atoms with Crippen LogP contribution in [0.5, 0.6) is 5.75 Å². The van der Waals surface area contributed by atoms with Gasteiger partial charge in [0.25, 0.3) is 0 Å². The third-order valence-corrected chi connectivity index (χ3v) is 13.7. The van der Waals surface area contributed by atoms with Gasteiger partial charge in [0.05, 0.1) is 12.5 Å². The summed E-state index contributed by atoms with van der Waals surface area (Å²) in [5.41, 5.74) is 42.9. The lowest BCUT2D eigenvalue weighted by atomic mass is 9.95. The van der Waals surface area contributed by atoms with Crippen molar-refractivity contribution in [2.75, 3.05) is 19.6 Å². The lowest BCUT2D eigenvalue weighted by molar-refractivity contribution is -0.142. The zero-order chi connectivity index (χ0) is 60.6. The summed E-state index contributed by atoms with van der Waals surface area (Å²) in [6.45, 7) is 7.46. The highest BCUT2D eigenvalue weighted by Crippen LogP contribution is 2.23. The van der Waals surface area contributed by atoms with Crippen LogP contribution in [0.1, 0.15) is 93.0 Å². The number of nitrogens with one attached hydrogen (secondary N) is 6. The lowest BCUT2D eigenvalue weighted by Gasteiger charge is -2.31. The number of aliphatic imine (C=N–C) groups is 2. The number of phenols is 1. The summed E-state index contributed by atoms with van der Waals surface area (Å²) in [5, 5.41) is 26.4. The first-order valence-electron chi connectivity index (χ1n) is 27.3. The maximum absolute atomic E-state index is 14.8. The van der Waals surface area contributed by atoms with Gasteiger partial charge in [-0.05, 0) is 111 Å². The molecule has 1 fully saturated rings. The number of rotatable bonds is 32. The molecule has 0 aromatic heterocycles. The summed E-state index contributed by atoms with van der Waals surface area (Å²) in [7, 11) is 0. The van der Waals surface area contributed by atoms with Gasteiger partial charge in [-0.15, -0.1) is 0 Å². The maximum Gasteiger partial charge on any atom is 0.245 e. The van der Waals surface area contributed by atoms with Crippen LogP contribution in [0, 0.1) is 19.8 Å². The number of primary amides is 2. The normalized spacial score (nSPS) is 15.4. The highest BCUT2D eigenvalue weighted by molar-refractivity contribution is 5.98. The average Bonchev–Trinajstić information content (AvgIpc) is 4.09. The molecule has 0 saturated carbocycles. The number of carbonyl (C=O) groups is 9. The van der Waals surface area contributed by atoms with Gasteiger partial charge in [-0.25, -0.2) is 0 Å². The van der Waals surface area contributed by atoms with E-state index in [0.717, 1.165) is 16.7 Å². The largest absolute Gasteiger partial charge is 0.508 e. The summed E-state index contributed by atoms with van der Waals surface area (Å²) in [4.78, 5) is 133. The van der Waals surface area contributed by atoms with Crippen LogP contribution < -0.4 is 72.0 Å². The maximum atomic E-state index is 14.8. The zero-order valence-corrected chi connectivity index (χ0v) is 47.0. The third kappa shape index (κ3) is 21.7. The highest BCUT2D eigenvalue weighted by Gasteiger charge is 2.40. The van der Waals surface area contributed by atoms with Crippen molar-refractivity contribution in [3.05, 3.63) is 101 Å². The second kappa shape index (κ2) is 32.4. The van der Waals surface area contributed by atoms with Crippen LogP contribution in [0.3, 0.4) is 0 Å². The molecular weight excluding hydrogens is 1060 g/mol. The van der Waals surface area contributed by atoms with Crippen LogP contribution in [0.25, 0.3) is 0 Å². The molecule has 82 heavy (non-hydrogen) atoms. The molecule has 26 nitrogen and oxygen atoms in total. The monoisotopic (exact) mass is 1140 g/mol. The molecule has 3 aromatic carbocycles. The molecule has 8 atom stereocenters. The topological polar surface area (TPSA) is 456 Å². The van der Waals surface area contributed by atoms with Crippen LogP contribution in [-0.4, -0.2) is 143 Å². The minimum Gasteiger partial charge on any atom is -0.508 e. The van der Waals surface area contributed by atoms with E-state index in [0.29, 0.717) is 17.5 Å². The van der Waals surface area contributed by atoms with Crippen LogP contribution in [0.4, 0.5) is 0 Å². The molecule has 21 N–H and O–H groups in total. The summed E-state index contributed by atoms with van der Waals surface area (Å²) in [6.07, 6.45) is 0.293. The molecule has 446 valence electrons. The Labute approximate surface area is 477 Å². The molecule has 1 heterocycles. The summed E-state index contributed by atoms with van der Waals surface area (Å²) in [6, 6.07) is 10.6. The quantitative estimate of drug-likeness (QED) is 0.0179. The number of hydrogen-bond acceptors (Lipinski definition) is 13. The number of hydrogen-bond donors (Lipinski definition) is 14. The van der Waals surface area contributed by atoms with Crippen molar-refractivity contribution >= 4 is 65.1 Å². The fourth-order valence-electron chi connectivity index (χ4n) is 9.52. The third-order valence-electron chi connectivity index (χ3n) is 13.7. The fourth-order valence-corrected chi connectivity index (χ4v) is 9.52. The minimum absolute atomic E-state index is 0.0297. The van der Waals surface area contributed by atoms with E-state index in [4.69, 9.17) is 40.1 Å². The van der Waals surface area contributed by atoms with E-state index in [1.165, 1.54) is 4.90 Å². The number of aromatic hydroxyl groups is 1. The first-order chi connectivity index (χ1) is 38.8. The van der Waals surface area contributed by atoms with Crippen LogP contribution in [-0.2, 0) is 62.4 Å². The molecule has 0 aliphatic carbocycles. The number of nitrogens with two attached hydrogens (primary N) is 7. The van der Waals surface area contributed by atoms with Crippen molar-refractivity contribution in [3.8, 4) is 5.75 Å². The second-order valence-electron chi connectivity index (χ2n) is 20.9. The number of carbonyl (C=O) groups excluding carboxylic acids is 9. The molecule has 9 amide bonds. The number of phenolic OH excluding ortho intramolecular Hbond substituents is 1. The molecule has 4 rings (SSSR count). The van der Waals surface area contributed by atoms with Gasteiger partial charge in [0.15, 0.2) is 11.9 Å². The minimum atomic E-state index is -1.49. The van der Waals surface area contributed by atoms with Gasteiger partial charge < -0.3 is 82.0 Å². The predicted octanol–water partition coefficient (Wildman–Crippen LogP) is -2.22. The molecule has 1 aliphatic heterocycles. The Morgan fingerprint density at radius 3 is 1.54 bits per heavy atom. The number of nitrogens with zero attached hydrogens (tertiary/aromatic N) is 3. The van der Waals surface area contributed by atoms with E-state index in [1.807, 2.05) is 13.8 Å². The SMILES string of the molecule is Cc1cc(O)cc(C)c1C[C@H](N)C(=O)N[C@@H](Cc1ccccc1)C(=O)N[C@@H](CC(C)C)C(=O)N[C@@H](Cc1ccccc1)C(=O)N[C@@H](CCCN=C(N)N)C(=O)N1CCC[C@H]1C(=O)N[C@@H](CCCN=C(N)N)C(=O)N[C@@H](CC(N)=O)C(N)=O. The Morgan fingerprint density at radius 1 is 0.598 bits per heavy atom. The first-order valence-corrected chi connectivity index (χ1v) is 27.3. The van der Waals surface area contributed by atoms with Gasteiger partial charge in [0.1, 0.15) is 48.0 Å². The summed E-state index contributed by atoms with van der Waals surface area (Å²) in [5.74, 6) is -7.64. The summed E-state index contributed by atoms with van der Waals surface area (Å²) >= 11 is 0. The van der Waals surface area contributed by atoms with Crippen molar-refractivity contribution < 1.29 is 48.3 Å². The van der Waals surface area contributed by atoms with Crippen LogP contribution in [0.15, 0.2) is 82.8 Å². The van der Waals surface area contributed by atoms with E-state index in [-0.39, 0.29) is 101 Å². The second-order valence-corrected chi connectivity index (χ2v) is 20.9. The smallest absolute Gasteiger partial charge is 0.245 e. The fraction of sp³-hybridized carbons (Fsp3) is 0.482. The molecule has 0 unspecified atom stereocenters. The van der Waals surface area contributed by atoms with Gasteiger partial charge in [0.2, 0.25) is 53.2 Å². The zero-order valence-electron chi connectivity index (χ0n) is 47.0. The van der Waals surface area contributed by atoms with E-state index in [2.05, 4.69) is 41.9 Å². The Morgan fingerprint density at radius 2 is 1.05 bits per heavy atom. The predicted molar refractivity (Wildman–Crippen MR) is 308 cm³/mol. The van der Waals surface area contributed by atoms with Gasteiger partial charge in [-0.2, -0.15) is 0 Å². The molecule has 3 aromatic rings. The van der Waals surface area contributed by atoms with Gasteiger partial charge in [0, 0.05) is 32.5 Å².